The normalized spacial score (nSPS) is 9.94. The van der Waals surface area contributed by atoms with Gasteiger partial charge in [0.05, 0.1) is 14.2 Å². The highest BCUT2D eigenvalue weighted by Gasteiger charge is 2.06. The van der Waals surface area contributed by atoms with Crippen LogP contribution in [-0.2, 0) is 0 Å². The molecule has 18 heavy (non-hydrogen) atoms. The van der Waals surface area contributed by atoms with Crippen molar-refractivity contribution in [2.24, 2.45) is 0 Å². The van der Waals surface area contributed by atoms with Crippen molar-refractivity contribution in [3.05, 3.63) is 41.6 Å². The molecular formula is C13H12ClNO3. The zero-order valence-electron chi connectivity index (χ0n) is 10.0. The van der Waals surface area contributed by atoms with Crippen molar-refractivity contribution in [1.82, 2.24) is 4.98 Å². The molecular weight excluding hydrogens is 254 g/mol. The van der Waals surface area contributed by atoms with Gasteiger partial charge in [0.1, 0.15) is 11.5 Å². The van der Waals surface area contributed by atoms with Crippen molar-refractivity contribution >= 4 is 11.6 Å². The summed E-state index contributed by atoms with van der Waals surface area (Å²) in [6.45, 7) is 0. The molecule has 2 aromatic rings. The first kappa shape index (κ1) is 12.5. The monoisotopic (exact) mass is 265 g/mol. The number of benzene rings is 1. The largest absolute Gasteiger partial charge is 0.497 e. The molecule has 0 saturated carbocycles. The zero-order valence-corrected chi connectivity index (χ0v) is 10.8. The van der Waals surface area contributed by atoms with Crippen molar-refractivity contribution in [2.75, 3.05) is 14.2 Å². The van der Waals surface area contributed by atoms with Gasteiger partial charge in [-0.05, 0) is 30.3 Å². The van der Waals surface area contributed by atoms with E-state index < -0.39 is 0 Å². The summed E-state index contributed by atoms with van der Waals surface area (Å²) in [6, 6.07) is 10.6. The Bertz CT molecular complexity index is 528. The minimum absolute atomic E-state index is 0.255. The second-order valence-electron chi connectivity index (χ2n) is 3.42. The Morgan fingerprint density at radius 2 is 1.56 bits per heavy atom. The Labute approximate surface area is 110 Å². The fraction of sp³-hybridized carbons (Fsp3) is 0.154. The molecule has 0 spiro atoms. The predicted octanol–water partition coefficient (Wildman–Crippen LogP) is 3.54. The molecule has 0 bridgehead atoms. The van der Waals surface area contributed by atoms with Crippen LogP contribution in [0.1, 0.15) is 0 Å². The maximum absolute atomic E-state index is 5.98. The van der Waals surface area contributed by atoms with E-state index in [2.05, 4.69) is 4.98 Å². The Morgan fingerprint density at radius 1 is 0.889 bits per heavy atom. The van der Waals surface area contributed by atoms with Gasteiger partial charge in [-0.1, -0.05) is 11.6 Å². The van der Waals surface area contributed by atoms with Crippen LogP contribution in [0.15, 0.2) is 36.4 Å². The van der Waals surface area contributed by atoms with Gasteiger partial charge < -0.3 is 14.2 Å². The highest BCUT2D eigenvalue weighted by atomic mass is 35.5. The third-order valence-electron chi connectivity index (χ3n) is 2.29. The van der Waals surface area contributed by atoms with Crippen molar-refractivity contribution in [1.29, 1.82) is 0 Å². The SMILES string of the molecule is COc1ccc(Oc2ccc(OC)nc2Cl)cc1. The molecule has 4 nitrogen and oxygen atoms in total. The average Bonchev–Trinajstić information content (AvgIpc) is 2.42. The first-order chi connectivity index (χ1) is 8.72. The molecule has 0 fully saturated rings. The quantitative estimate of drug-likeness (QED) is 0.793. The van der Waals surface area contributed by atoms with E-state index in [1.165, 1.54) is 7.11 Å². The summed E-state index contributed by atoms with van der Waals surface area (Å²) < 4.78 is 15.6. The molecule has 0 atom stereocenters. The van der Waals surface area contributed by atoms with E-state index in [9.17, 15) is 0 Å². The van der Waals surface area contributed by atoms with Crippen LogP contribution < -0.4 is 14.2 Å². The third kappa shape index (κ3) is 2.84. The van der Waals surface area contributed by atoms with E-state index in [4.69, 9.17) is 25.8 Å². The van der Waals surface area contributed by atoms with Gasteiger partial charge in [0.15, 0.2) is 10.9 Å². The molecule has 0 aliphatic carbocycles. The molecule has 94 valence electrons. The predicted molar refractivity (Wildman–Crippen MR) is 68.9 cm³/mol. The Kier molecular flexibility index (Phi) is 3.89. The van der Waals surface area contributed by atoms with Crippen LogP contribution in [0.2, 0.25) is 5.15 Å². The summed E-state index contributed by atoms with van der Waals surface area (Å²) in [6.07, 6.45) is 0. The van der Waals surface area contributed by atoms with Gasteiger partial charge in [0.2, 0.25) is 5.88 Å². The molecule has 1 aromatic heterocycles. The number of pyridine rings is 1. The molecule has 0 aliphatic heterocycles. The van der Waals surface area contributed by atoms with Crippen LogP contribution in [0.5, 0.6) is 23.1 Å². The number of aromatic nitrogens is 1. The summed E-state index contributed by atoms with van der Waals surface area (Å²) in [5.74, 6) is 2.34. The minimum Gasteiger partial charge on any atom is -0.497 e. The number of methoxy groups -OCH3 is 2. The fourth-order valence-corrected chi connectivity index (χ4v) is 1.55. The van der Waals surface area contributed by atoms with Crippen LogP contribution in [0.3, 0.4) is 0 Å². The second kappa shape index (κ2) is 5.60. The van der Waals surface area contributed by atoms with Gasteiger partial charge in [-0.25, -0.2) is 0 Å². The van der Waals surface area contributed by atoms with Crippen LogP contribution >= 0.6 is 11.6 Å². The van der Waals surface area contributed by atoms with Crippen LogP contribution in [-0.4, -0.2) is 19.2 Å². The van der Waals surface area contributed by atoms with Gasteiger partial charge in [-0.3, -0.25) is 0 Å². The zero-order chi connectivity index (χ0) is 13.0. The first-order valence-electron chi connectivity index (χ1n) is 5.25. The summed E-state index contributed by atoms with van der Waals surface area (Å²) in [7, 11) is 3.14. The van der Waals surface area contributed by atoms with Gasteiger partial charge in [0.25, 0.3) is 0 Å². The van der Waals surface area contributed by atoms with E-state index in [0.717, 1.165) is 5.75 Å². The molecule has 0 amide bonds. The maximum Gasteiger partial charge on any atom is 0.214 e. The summed E-state index contributed by atoms with van der Waals surface area (Å²) in [4.78, 5) is 4.02. The van der Waals surface area contributed by atoms with E-state index in [-0.39, 0.29) is 5.15 Å². The summed E-state index contributed by atoms with van der Waals surface area (Å²) in [5.41, 5.74) is 0. The molecule has 1 heterocycles. The Hall–Kier alpha value is -1.94. The minimum atomic E-state index is 0.255. The number of ether oxygens (including phenoxy) is 3. The van der Waals surface area contributed by atoms with Gasteiger partial charge in [0, 0.05) is 6.07 Å². The molecule has 5 heteroatoms. The topological polar surface area (TPSA) is 40.6 Å². The molecule has 0 unspecified atom stereocenters. The number of hydrogen-bond donors (Lipinski definition) is 0. The average molecular weight is 266 g/mol. The van der Waals surface area contributed by atoms with E-state index >= 15 is 0 Å². The second-order valence-corrected chi connectivity index (χ2v) is 3.78. The smallest absolute Gasteiger partial charge is 0.214 e. The van der Waals surface area contributed by atoms with Crippen LogP contribution in [0.25, 0.3) is 0 Å². The highest BCUT2D eigenvalue weighted by Crippen LogP contribution is 2.30. The highest BCUT2D eigenvalue weighted by molar-refractivity contribution is 6.30. The lowest BCUT2D eigenvalue weighted by Crippen LogP contribution is -1.91. The lowest BCUT2D eigenvalue weighted by molar-refractivity contribution is 0.394. The molecule has 1 aromatic carbocycles. The van der Waals surface area contributed by atoms with Gasteiger partial charge in [-0.15, -0.1) is 0 Å². The maximum atomic E-state index is 5.98. The fourth-order valence-electron chi connectivity index (χ4n) is 1.37. The first-order valence-corrected chi connectivity index (χ1v) is 5.63. The number of rotatable bonds is 4. The van der Waals surface area contributed by atoms with Crippen molar-refractivity contribution < 1.29 is 14.2 Å². The molecule has 0 aliphatic rings. The summed E-state index contributed by atoms with van der Waals surface area (Å²) >= 11 is 5.98. The molecule has 0 saturated heterocycles. The van der Waals surface area contributed by atoms with Gasteiger partial charge >= 0.3 is 0 Å². The molecule has 2 rings (SSSR count). The number of hydrogen-bond acceptors (Lipinski definition) is 4. The lowest BCUT2D eigenvalue weighted by Gasteiger charge is -2.08. The standard InChI is InChI=1S/C13H12ClNO3/c1-16-9-3-5-10(6-4-9)18-11-7-8-12(17-2)15-13(11)14/h3-8H,1-2H3. The number of nitrogens with zero attached hydrogens (tertiary/aromatic N) is 1. The van der Waals surface area contributed by atoms with E-state index in [0.29, 0.717) is 17.4 Å². The number of halogens is 1. The van der Waals surface area contributed by atoms with Crippen LogP contribution in [0.4, 0.5) is 0 Å². The van der Waals surface area contributed by atoms with Crippen molar-refractivity contribution in [3.8, 4) is 23.1 Å². The molecule has 0 radical (unpaired) electrons. The Morgan fingerprint density at radius 3 is 2.11 bits per heavy atom. The molecule has 0 N–H and O–H groups in total. The third-order valence-corrected chi connectivity index (χ3v) is 2.56. The van der Waals surface area contributed by atoms with Crippen LogP contribution in [0, 0.1) is 0 Å². The van der Waals surface area contributed by atoms with Crippen molar-refractivity contribution in [3.63, 3.8) is 0 Å². The summed E-state index contributed by atoms with van der Waals surface area (Å²) in [5, 5.41) is 0.255. The Balaban J connectivity index is 2.17. The van der Waals surface area contributed by atoms with E-state index in [1.807, 2.05) is 0 Å². The van der Waals surface area contributed by atoms with Gasteiger partial charge in [-0.2, -0.15) is 4.98 Å². The van der Waals surface area contributed by atoms with E-state index in [1.54, 1.807) is 43.5 Å². The van der Waals surface area contributed by atoms with Crippen molar-refractivity contribution in [2.45, 2.75) is 0 Å². The lowest BCUT2D eigenvalue weighted by atomic mass is 10.3.